The molecule has 0 spiro atoms. The lowest BCUT2D eigenvalue weighted by Crippen LogP contribution is -2.20. The molecule has 3 amide bonds. The molecule has 0 aromatic heterocycles. The number of nitrogens with zero attached hydrogens (tertiary/aromatic N) is 1. The highest BCUT2D eigenvalue weighted by Crippen LogP contribution is 2.34. The van der Waals surface area contributed by atoms with E-state index >= 15 is 0 Å². The van der Waals surface area contributed by atoms with E-state index in [-0.39, 0.29) is 41.6 Å². The van der Waals surface area contributed by atoms with Gasteiger partial charge in [-0.25, -0.2) is 9.59 Å². The van der Waals surface area contributed by atoms with E-state index in [4.69, 9.17) is 14.2 Å². The SMILES string of the molecule is CCOC(=O)c1cc(OC)c(OC)cc1NC(=O)CCc1ccc(NC(=O)Nc2ccccc2[N+](=O)[O-])cc1. The zero-order valence-corrected chi connectivity index (χ0v) is 21.6. The zero-order chi connectivity index (χ0) is 28.4. The maximum atomic E-state index is 12.7. The Morgan fingerprint density at radius 1 is 0.872 bits per heavy atom. The Hall–Kier alpha value is -5.13. The Morgan fingerprint density at radius 2 is 1.54 bits per heavy atom. The minimum absolute atomic E-state index is 0.0724. The topological polar surface area (TPSA) is 158 Å². The summed E-state index contributed by atoms with van der Waals surface area (Å²) in [5.74, 6) is -0.278. The normalized spacial score (nSPS) is 10.2. The lowest BCUT2D eigenvalue weighted by atomic mass is 10.1. The Balaban J connectivity index is 1.60. The molecule has 12 nitrogen and oxygen atoms in total. The molecule has 3 aromatic rings. The fourth-order valence-electron chi connectivity index (χ4n) is 3.61. The lowest BCUT2D eigenvalue weighted by molar-refractivity contribution is -0.383. The van der Waals surface area contributed by atoms with Crippen LogP contribution in [0, 0.1) is 10.1 Å². The van der Waals surface area contributed by atoms with Crippen molar-refractivity contribution in [2.45, 2.75) is 19.8 Å². The molecule has 0 bridgehead atoms. The van der Waals surface area contributed by atoms with Crippen molar-refractivity contribution < 1.29 is 33.5 Å². The molecule has 0 unspecified atom stereocenters. The van der Waals surface area contributed by atoms with Gasteiger partial charge in [-0.3, -0.25) is 14.9 Å². The third-order valence-electron chi connectivity index (χ3n) is 5.49. The van der Waals surface area contributed by atoms with Gasteiger partial charge in [-0.05, 0) is 37.1 Å². The number of hydrogen-bond acceptors (Lipinski definition) is 8. The second kappa shape index (κ2) is 13.4. The second-order valence-corrected chi connectivity index (χ2v) is 8.07. The quantitative estimate of drug-likeness (QED) is 0.175. The molecule has 0 saturated heterocycles. The summed E-state index contributed by atoms with van der Waals surface area (Å²) in [6.45, 7) is 1.85. The number of anilines is 3. The first-order valence-corrected chi connectivity index (χ1v) is 11.9. The van der Waals surface area contributed by atoms with Gasteiger partial charge in [-0.2, -0.15) is 0 Å². The van der Waals surface area contributed by atoms with E-state index in [2.05, 4.69) is 16.0 Å². The first kappa shape index (κ1) is 28.4. The van der Waals surface area contributed by atoms with Crippen molar-refractivity contribution in [1.29, 1.82) is 0 Å². The summed E-state index contributed by atoms with van der Waals surface area (Å²) < 4.78 is 15.6. The van der Waals surface area contributed by atoms with Gasteiger partial charge in [0.1, 0.15) is 5.69 Å². The van der Waals surface area contributed by atoms with E-state index in [1.165, 1.54) is 44.6 Å². The van der Waals surface area contributed by atoms with Gasteiger partial charge in [0, 0.05) is 30.3 Å². The van der Waals surface area contributed by atoms with E-state index in [9.17, 15) is 24.5 Å². The molecule has 3 N–H and O–H groups in total. The number of hydrogen-bond donors (Lipinski definition) is 3. The number of methoxy groups -OCH3 is 2. The Bertz CT molecular complexity index is 1360. The Morgan fingerprint density at radius 3 is 2.18 bits per heavy atom. The number of esters is 1. The summed E-state index contributed by atoms with van der Waals surface area (Å²) in [7, 11) is 2.88. The lowest BCUT2D eigenvalue weighted by Gasteiger charge is -2.15. The highest BCUT2D eigenvalue weighted by Gasteiger charge is 2.20. The van der Waals surface area contributed by atoms with Gasteiger partial charge in [0.2, 0.25) is 5.91 Å². The molecule has 3 aromatic carbocycles. The minimum atomic E-state index is -0.635. The van der Waals surface area contributed by atoms with E-state index in [0.717, 1.165) is 5.56 Å². The van der Waals surface area contributed by atoms with Gasteiger partial charge in [-0.1, -0.05) is 24.3 Å². The van der Waals surface area contributed by atoms with Crippen molar-refractivity contribution in [3.63, 3.8) is 0 Å². The number of benzene rings is 3. The van der Waals surface area contributed by atoms with Crippen LogP contribution in [0.1, 0.15) is 29.3 Å². The molecule has 12 heteroatoms. The molecule has 0 radical (unpaired) electrons. The number of ether oxygens (including phenoxy) is 3. The number of para-hydroxylation sites is 2. The van der Waals surface area contributed by atoms with Crippen molar-refractivity contribution >= 4 is 40.7 Å². The van der Waals surface area contributed by atoms with Crippen LogP contribution in [0.2, 0.25) is 0 Å². The highest BCUT2D eigenvalue weighted by atomic mass is 16.6. The number of nitro benzene ring substituents is 1. The summed E-state index contributed by atoms with van der Waals surface area (Å²) in [5.41, 5.74) is 1.51. The van der Waals surface area contributed by atoms with Crippen LogP contribution in [0.4, 0.5) is 27.5 Å². The molecule has 204 valence electrons. The summed E-state index contributed by atoms with van der Waals surface area (Å²) in [6, 6.07) is 14.9. The predicted molar refractivity (Wildman–Crippen MR) is 145 cm³/mol. The average Bonchev–Trinajstić information content (AvgIpc) is 2.92. The second-order valence-electron chi connectivity index (χ2n) is 8.07. The number of urea groups is 1. The molecule has 0 aliphatic rings. The summed E-state index contributed by atoms with van der Waals surface area (Å²) in [4.78, 5) is 47.9. The van der Waals surface area contributed by atoms with Gasteiger partial charge >= 0.3 is 12.0 Å². The highest BCUT2D eigenvalue weighted by molar-refractivity contribution is 6.02. The Labute approximate surface area is 224 Å². The molecule has 0 saturated carbocycles. The largest absolute Gasteiger partial charge is 0.493 e. The van der Waals surface area contributed by atoms with Crippen molar-refractivity contribution in [3.8, 4) is 11.5 Å². The zero-order valence-electron chi connectivity index (χ0n) is 21.6. The molecule has 0 atom stereocenters. The Kier molecular flexibility index (Phi) is 9.79. The summed E-state index contributed by atoms with van der Waals surface area (Å²) in [5, 5.41) is 18.9. The molecule has 3 rings (SSSR count). The number of nitro groups is 1. The molecule has 0 fully saturated rings. The van der Waals surface area contributed by atoms with E-state index in [1.54, 1.807) is 37.3 Å². The number of rotatable bonds is 11. The number of carbonyl (C=O) groups is 3. The third-order valence-corrected chi connectivity index (χ3v) is 5.49. The number of nitrogens with one attached hydrogen (secondary N) is 3. The summed E-state index contributed by atoms with van der Waals surface area (Å²) >= 11 is 0. The fraction of sp³-hybridized carbons (Fsp3) is 0.222. The maximum Gasteiger partial charge on any atom is 0.340 e. The maximum absolute atomic E-state index is 12.7. The van der Waals surface area contributed by atoms with Gasteiger partial charge in [-0.15, -0.1) is 0 Å². The van der Waals surface area contributed by atoms with Gasteiger partial charge in [0.05, 0.1) is 37.0 Å². The summed E-state index contributed by atoms with van der Waals surface area (Å²) in [6.07, 6.45) is 0.498. The first-order chi connectivity index (χ1) is 18.7. The van der Waals surface area contributed by atoms with Gasteiger partial charge < -0.3 is 30.2 Å². The number of carbonyl (C=O) groups excluding carboxylic acids is 3. The van der Waals surface area contributed by atoms with Gasteiger partial charge in [0.25, 0.3) is 5.69 Å². The predicted octanol–water partition coefficient (Wildman–Crippen LogP) is 5.00. The van der Waals surface area contributed by atoms with Crippen LogP contribution >= 0.6 is 0 Å². The van der Waals surface area contributed by atoms with Crippen LogP contribution in [-0.2, 0) is 16.0 Å². The molecule has 0 aliphatic carbocycles. The molecular formula is C27H28N4O8. The van der Waals surface area contributed by atoms with E-state index < -0.39 is 16.9 Å². The van der Waals surface area contributed by atoms with Crippen molar-refractivity contribution in [1.82, 2.24) is 0 Å². The van der Waals surface area contributed by atoms with Crippen molar-refractivity contribution in [3.05, 3.63) is 81.9 Å². The molecule has 0 aliphatic heterocycles. The standard InChI is InChI=1S/C27H28N4O8/c1-4-39-26(33)19-15-23(37-2)24(38-3)16-21(19)29-25(32)14-11-17-9-12-18(13-10-17)28-27(34)30-20-7-5-6-8-22(20)31(35)36/h5-10,12-13,15-16H,4,11,14H2,1-3H3,(H,29,32)(H2,28,30,34). The van der Waals surface area contributed by atoms with Crippen LogP contribution < -0.4 is 25.4 Å². The van der Waals surface area contributed by atoms with E-state index in [1.807, 2.05) is 0 Å². The first-order valence-electron chi connectivity index (χ1n) is 11.9. The van der Waals surface area contributed by atoms with E-state index in [0.29, 0.717) is 23.6 Å². The third kappa shape index (κ3) is 7.68. The van der Waals surface area contributed by atoms with Crippen molar-refractivity contribution in [2.24, 2.45) is 0 Å². The van der Waals surface area contributed by atoms with Crippen LogP contribution in [0.5, 0.6) is 11.5 Å². The van der Waals surface area contributed by atoms with Crippen molar-refractivity contribution in [2.75, 3.05) is 36.8 Å². The molecule has 39 heavy (non-hydrogen) atoms. The van der Waals surface area contributed by atoms with Gasteiger partial charge in [0.15, 0.2) is 11.5 Å². The smallest absolute Gasteiger partial charge is 0.340 e. The fourth-order valence-corrected chi connectivity index (χ4v) is 3.61. The average molecular weight is 537 g/mol. The van der Waals surface area contributed by atoms with Crippen LogP contribution in [0.3, 0.4) is 0 Å². The molecule has 0 heterocycles. The minimum Gasteiger partial charge on any atom is -0.493 e. The van der Waals surface area contributed by atoms with Crippen LogP contribution in [0.25, 0.3) is 0 Å². The number of aryl methyl sites for hydroxylation is 1. The van der Waals surface area contributed by atoms with Crippen LogP contribution in [-0.4, -0.2) is 43.7 Å². The molecular weight excluding hydrogens is 508 g/mol. The monoisotopic (exact) mass is 536 g/mol. The number of amides is 3. The van der Waals surface area contributed by atoms with Crippen LogP contribution in [0.15, 0.2) is 60.7 Å².